The predicted molar refractivity (Wildman–Crippen MR) is 124 cm³/mol. The zero-order valence-electron chi connectivity index (χ0n) is 18.8. The van der Waals surface area contributed by atoms with Gasteiger partial charge in [-0.25, -0.2) is 4.79 Å². The number of hydrogen-bond donors (Lipinski definition) is 1. The number of carbonyl (C=O) groups is 1. The minimum absolute atomic E-state index is 0.153. The first kappa shape index (κ1) is 21.1. The predicted octanol–water partition coefficient (Wildman–Crippen LogP) is 3.99. The molecule has 1 N–H and O–H groups in total. The fourth-order valence-corrected chi connectivity index (χ4v) is 3.94. The lowest BCUT2D eigenvalue weighted by Crippen LogP contribution is -2.50. The first-order chi connectivity index (χ1) is 16.1. The van der Waals surface area contributed by atoms with Crippen LogP contribution in [0.25, 0.3) is 11.4 Å². The maximum Gasteiger partial charge on any atom is 0.322 e. The molecule has 9 heteroatoms. The van der Waals surface area contributed by atoms with Crippen molar-refractivity contribution in [1.82, 2.24) is 15.0 Å². The molecule has 1 aliphatic carbocycles. The van der Waals surface area contributed by atoms with E-state index < -0.39 is 0 Å². The SMILES string of the molecule is COc1ccc(OC)c(NC(=O)N2CCN(c3ccc(-c4noc(C5CC5)n4)cc3)CC2)c1. The number of amides is 2. The van der Waals surface area contributed by atoms with Crippen LogP contribution in [0.2, 0.25) is 0 Å². The molecule has 9 nitrogen and oxygen atoms in total. The number of benzene rings is 2. The van der Waals surface area contributed by atoms with Crippen LogP contribution in [-0.4, -0.2) is 61.5 Å². The highest BCUT2D eigenvalue weighted by atomic mass is 16.5. The molecule has 0 unspecified atom stereocenters. The van der Waals surface area contributed by atoms with Crippen molar-refractivity contribution >= 4 is 17.4 Å². The standard InChI is InChI=1S/C24H27N5O4/c1-31-19-9-10-21(32-2)20(15-19)25-24(30)29-13-11-28(12-14-29)18-7-5-16(6-8-18)22-26-23(33-27-22)17-3-4-17/h5-10,15,17H,3-4,11-14H2,1-2H3,(H,25,30). The minimum atomic E-state index is -0.153. The molecule has 2 fully saturated rings. The van der Waals surface area contributed by atoms with Crippen LogP contribution in [0, 0.1) is 0 Å². The molecular weight excluding hydrogens is 422 g/mol. The van der Waals surface area contributed by atoms with Crippen molar-refractivity contribution in [1.29, 1.82) is 0 Å². The lowest BCUT2D eigenvalue weighted by Gasteiger charge is -2.36. The summed E-state index contributed by atoms with van der Waals surface area (Å²) < 4.78 is 16.0. The van der Waals surface area contributed by atoms with E-state index in [1.165, 1.54) is 0 Å². The number of urea groups is 1. The van der Waals surface area contributed by atoms with E-state index in [0.717, 1.165) is 43.1 Å². The number of nitrogens with one attached hydrogen (secondary N) is 1. The van der Waals surface area contributed by atoms with Crippen molar-refractivity contribution in [3.63, 3.8) is 0 Å². The van der Waals surface area contributed by atoms with Crippen LogP contribution in [0.4, 0.5) is 16.2 Å². The second-order valence-electron chi connectivity index (χ2n) is 8.25. The lowest BCUT2D eigenvalue weighted by molar-refractivity contribution is 0.208. The zero-order valence-corrected chi connectivity index (χ0v) is 18.8. The van der Waals surface area contributed by atoms with Gasteiger partial charge in [0, 0.05) is 49.4 Å². The van der Waals surface area contributed by atoms with Gasteiger partial charge in [0.2, 0.25) is 11.7 Å². The molecule has 3 aromatic rings. The highest BCUT2D eigenvalue weighted by molar-refractivity contribution is 5.91. The molecule has 0 atom stereocenters. The van der Waals surface area contributed by atoms with Gasteiger partial charge in [0.25, 0.3) is 0 Å². The average Bonchev–Trinajstić information content (AvgIpc) is 3.60. The zero-order chi connectivity index (χ0) is 22.8. The number of nitrogens with zero attached hydrogens (tertiary/aromatic N) is 4. The van der Waals surface area contributed by atoms with Crippen molar-refractivity contribution in [2.24, 2.45) is 0 Å². The number of ether oxygens (including phenoxy) is 2. The highest BCUT2D eigenvalue weighted by Crippen LogP contribution is 2.39. The summed E-state index contributed by atoms with van der Waals surface area (Å²) in [5, 5.41) is 7.05. The second kappa shape index (κ2) is 9.01. The Hall–Kier alpha value is -3.75. The summed E-state index contributed by atoms with van der Waals surface area (Å²) in [7, 11) is 3.17. The molecule has 0 radical (unpaired) electrons. The third-order valence-corrected chi connectivity index (χ3v) is 6.07. The number of anilines is 2. The minimum Gasteiger partial charge on any atom is -0.497 e. The van der Waals surface area contributed by atoms with Gasteiger partial charge >= 0.3 is 6.03 Å². The molecule has 1 saturated carbocycles. The van der Waals surface area contributed by atoms with E-state index >= 15 is 0 Å². The van der Waals surface area contributed by atoms with Gasteiger partial charge in [0.05, 0.1) is 19.9 Å². The quantitative estimate of drug-likeness (QED) is 0.608. The number of carbonyl (C=O) groups excluding carboxylic acids is 1. The van der Waals surface area contributed by atoms with Crippen LogP contribution in [0.3, 0.4) is 0 Å². The summed E-state index contributed by atoms with van der Waals surface area (Å²) in [4.78, 5) is 21.4. The molecule has 2 heterocycles. The first-order valence-electron chi connectivity index (χ1n) is 11.1. The smallest absolute Gasteiger partial charge is 0.322 e. The van der Waals surface area contributed by atoms with Crippen molar-refractivity contribution in [3.8, 4) is 22.9 Å². The van der Waals surface area contributed by atoms with Crippen molar-refractivity contribution in [2.45, 2.75) is 18.8 Å². The van der Waals surface area contributed by atoms with E-state index in [0.29, 0.717) is 42.0 Å². The van der Waals surface area contributed by atoms with Crippen LogP contribution < -0.4 is 19.7 Å². The Bertz CT molecular complexity index is 1120. The van der Waals surface area contributed by atoms with Gasteiger partial charge < -0.3 is 29.1 Å². The maximum atomic E-state index is 12.8. The third kappa shape index (κ3) is 4.57. The molecule has 2 aliphatic rings. The molecule has 5 rings (SSSR count). The monoisotopic (exact) mass is 449 g/mol. The molecule has 33 heavy (non-hydrogen) atoms. The summed E-state index contributed by atoms with van der Waals surface area (Å²) in [6.45, 7) is 2.73. The average molecular weight is 450 g/mol. The van der Waals surface area contributed by atoms with Crippen molar-refractivity contribution < 1.29 is 18.8 Å². The summed E-state index contributed by atoms with van der Waals surface area (Å²) in [5.41, 5.74) is 2.64. The summed E-state index contributed by atoms with van der Waals surface area (Å²) in [6.07, 6.45) is 2.27. The summed E-state index contributed by atoms with van der Waals surface area (Å²) >= 11 is 0. The van der Waals surface area contributed by atoms with E-state index in [-0.39, 0.29) is 6.03 Å². The fourth-order valence-electron chi connectivity index (χ4n) is 3.94. The van der Waals surface area contributed by atoms with Gasteiger partial charge in [-0.05, 0) is 49.2 Å². The fraction of sp³-hybridized carbons (Fsp3) is 0.375. The van der Waals surface area contributed by atoms with Crippen LogP contribution in [0.1, 0.15) is 24.7 Å². The lowest BCUT2D eigenvalue weighted by atomic mass is 10.1. The van der Waals surface area contributed by atoms with Crippen LogP contribution in [-0.2, 0) is 0 Å². The number of aromatic nitrogens is 2. The van der Waals surface area contributed by atoms with Gasteiger partial charge in [-0.3, -0.25) is 0 Å². The molecular formula is C24H27N5O4. The Kier molecular flexibility index (Phi) is 5.77. The second-order valence-corrected chi connectivity index (χ2v) is 8.25. The topological polar surface area (TPSA) is 93.0 Å². The third-order valence-electron chi connectivity index (χ3n) is 6.07. The molecule has 1 saturated heterocycles. The molecule has 1 aliphatic heterocycles. The van der Waals surface area contributed by atoms with Crippen molar-refractivity contribution in [2.75, 3.05) is 50.6 Å². The first-order valence-corrected chi connectivity index (χ1v) is 11.1. The van der Waals surface area contributed by atoms with E-state index in [1.54, 1.807) is 32.4 Å². The molecule has 2 aromatic carbocycles. The van der Waals surface area contributed by atoms with Crippen molar-refractivity contribution in [3.05, 3.63) is 48.4 Å². The van der Waals surface area contributed by atoms with Crippen LogP contribution in [0.15, 0.2) is 47.0 Å². The van der Waals surface area contributed by atoms with E-state index in [4.69, 9.17) is 14.0 Å². The Balaban J connectivity index is 1.18. The Labute approximate surface area is 192 Å². The molecule has 1 aromatic heterocycles. The number of hydrogen-bond acceptors (Lipinski definition) is 7. The van der Waals surface area contributed by atoms with Gasteiger partial charge in [-0.15, -0.1) is 0 Å². The number of methoxy groups -OCH3 is 2. The Morgan fingerprint density at radius 2 is 1.79 bits per heavy atom. The molecule has 0 bridgehead atoms. The van der Waals surface area contributed by atoms with Crippen LogP contribution in [0.5, 0.6) is 11.5 Å². The molecule has 0 spiro atoms. The normalized spacial score (nSPS) is 15.9. The molecule has 172 valence electrons. The number of rotatable bonds is 6. The summed E-state index contributed by atoms with van der Waals surface area (Å²) in [5.74, 6) is 3.08. The van der Waals surface area contributed by atoms with Crippen LogP contribution >= 0.6 is 0 Å². The Morgan fingerprint density at radius 3 is 2.45 bits per heavy atom. The van der Waals surface area contributed by atoms with E-state index in [9.17, 15) is 4.79 Å². The largest absolute Gasteiger partial charge is 0.497 e. The number of piperazine rings is 1. The Morgan fingerprint density at radius 1 is 1.03 bits per heavy atom. The summed E-state index contributed by atoms with van der Waals surface area (Å²) in [6, 6.07) is 13.3. The van der Waals surface area contributed by atoms with E-state index in [2.05, 4.69) is 32.5 Å². The van der Waals surface area contributed by atoms with Gasteiger partial charge in [-0.2, -0.15) is 4.98 Å². The maximum absolute atomic E-state index is 12.8. The molecule has 2 amide bonds. The van der Waals surface area contributed by atoms with Gasteiger partial charge in [0.1, 0.15) is 11.5 Å². The highest BCUT2D eigenvalue weighted by Gasteiger charge is 2.30. The van der Waals surface area contributed by atoms with Gasteiger partial charge in [0.15, 0.2) is 0 Å². The van der Waals surface area contributed by atoms with E-state index in [1.807, 2.05) is 17.0 Å². The van der Waals surface area contributed by atoms with Gasteiger partial charge in [-0.1, -0.05) is 5.16 Å².